The third-order valence-corrected chi connectivity index (χ3v) is 4.02. The number of hydrogen-bond acceptors (Lipinski definition) is 4. The van der Waals surface area contributed by atoms with Crippen molar-refractivity contribution in [1.82, 2.24) is 9.80 Å². The second-order valence-electron chi connectivity index (χ2n) is 5.77. The summed E-state index contributed by atoms with van der Waals surface area (Å²) in [5.74, 6) is 0. The summed E-state index contributed by atoms with van der Waals surface area (Å²) in [6, 6.07) is 1.14. The minimum Gasteiger partial charge on any atom is -0.390 e. The van der Waals surface area contributed by atoms with E-state index in [2.05, 4.69) is 30.6 Å². The molecule has 2 atom stereocenters. The third-order valence-electron chi connectivity index (χ3n) is 4.02. The van der Waals surface area contributed by atoms with Gasteiger partial charge in [-0.3, -0.25) is 9.80 Å². The second-order valence-corrected chi connectivity index (χ2v) is 5.77. The Morgan fingerprint density at radius 3 is 2.47 bits per heavy atom. The fourth-order valence-electron chi connectivity index (χ4n) is 2.73. The summed E-state index contributed by atoms with van der Waals surface area (Å²) in [6.45, 7) is 11.4. The van der Waals surface area contributed by atoms with E-state index in [1.54, 1.807) is 0 Å². The van der Waals surface area contributed by atoms with Crippen LogP contribution in [0.1, 0.15) is 27.2 Å². The molecule has 0 aromatic rings. The lowest BCUT2D eigenvalue weighted by Gasteiger charge is -2.43. The van der Waals surface area contributed by atoms with E-state index >= 15 is 0 Å². The van der Waals surface area contributed by atoms with Crippen molar-refractivity contribution in [1.29, 1.82) is 0 Å². The molecule has 0 aliphatic carbocycles. The first-order chi connectivity index (χ1) is 8.06. The summed E-state index contributed by atoms with van der Waals surface area (Å²) < 4.78 is 5.84. The molecule has 2 heterocycles. The molecule has 100 valence electrons. The van der Waals surface area contributed by atoms with Gasteiger partial charge < -0.3 is 9.84 Å². The van der Waals surface area contributed by atoms with Gasteiger partial charge in [0, 0.05) is 38.3 Å². The molecule has 0 aromatic heterocycles. The van der Waals surface area contributed by atoms with Crippen molar-refractivity contribution < 1.29 is 9.84 Å². The number of nitrogens with zero attached hydrogens (tertiary/aromatic N) is 2. The molecule has 0 saturated carbocycles. The van der Waals surface area contributed by atoms with Crippen LogP contribution in [-0.2, 0) is 4.74 Å². The number of hydrogen-bond donors (Lipinski definition) is 1. The van der Waals surface area contributed by atoms with Crippen molar-refractivity contribution in [2.45, 2.75) is 51.5 Å². The minimum atomic E-state index is -0.100. The zero-order chi connectivity index (χ0) is 12.4. The fourth-order valence-corrected chi connectivity index (χ4v) is 2.73. The molecule has 2 rings (SSSR count). The SMILES string of the molecule is CC(C)N1CCOC(CC(C)N2CC(O)C2)C1. The Hall–Kier alpha value is -0.160. The lowest BCUT2D eigenvalue weighted by atomic mass is 10.0. The van der Waals surface area contributed by atoms with E-state index in [0.717, 1.165) is 39.2 Å². The van der Waals surface area contributed by atoms with Crippen LogP contribution in [0, 0.1) is 0 Å². The van der Waals surface area contributed by atoms with Crippen LogP contribution < -0.4 is 0 Å². The number of aliphatic hydroxyl groups is 1. The van der Waals surface area contributed by atoms with E-state index in [4.69, 9.17) is 4.74 Å². The Morgan fingerprint density at radius 2 is 1.88 bits per heavy atom. The Morgan fingerprint density at radius 1 is 1.18 bits per heavy atom. The van der Waals surface area contributed by atoms with Crippen LogP contribution in [0.15, 0.2) is 0 Å². The highest BCUT2D eigenvalue weighted by atomic mass is 16.5. The lowest BCUT2D eigenvalue weighted by molar-refractivity contribution is -0.0707. The van der Waals surface area contributed by atoms with Crippen LogP contribution >= 0.6 is 0 Å². The van der Waals surface area contributed by atoms with Crippen molar-refractivity contribution in [2.24, 2.45) is 0 Å². The Labute approximate surface area is 105 Å². The number of morpholine rings is 1. The molecule has 4 nitrogen and oxygen atoms in total. The molecular formula is C13H26N2O2. The Balaban J connectivity index is 1.74. The molecule has 2 fully saturated rings. The molecule has 0 aromatic carbocycles. The summed E-state index contributed by atoms with van der Waals surface area (Å²) in [6.07, 6.45) is 1.34. The van der Waals surface area contributed by atoms with Crippen molar-refractivity contribution in [3.05, 3.63) is 0 Å². The maximum Gasteiger partial charge on any atom is 0.0794 e. The third kappa shape index (κ3) is 3.41. The van der Waals surface area contributed by atoms with Gasteiger partial charge in [-0.2, -0.15) is 0 Å². The molecule has 1 N–H and O–H groups in total. The molecule has 2 saturated heterocycles. The monoisotopic (exact) mass is 242 g/mol. The number of β-amino-alcohol motifs (C(OH)–C–C–N with tert-alkyl or cyclic N) is 1. The van der Waals surface area contributed by atoms with E-state index in [1.807, 2.05) is 0 Å². The first-order valence-corrected chi connectivity index (χ1v) is 6.84. The topological polar surface area (TPSA) is 35.9 Å². The van der Waals surface area contributed by atoms with E-state index in [1.165, 1.54) is 0 Å². The molecule has 4 heteroatoms. The van der Waals surface area contributed by atoms with Gasteiger partial charge in [0.2, 0.25) is 0 Å². The number of ether oxygens (including phenoxy) is 1. The van der Waals surface area contributed by atoms with Gasteiger partial charge in [0.05, 0.1) is 18.8 Å². The fraction of sp³-hybridized carbons (Fsp3) is 1.00. The van der Waals surface area contributed by atoms with Crippen LogP contribution in [0.5, 0.6) is 0 Å². The summed E-state index contributed by atoms with van der Waals surface area (Å²) >= 11 is 0. The lowest BCUT2D eigenvalue weighted by Crippen LogP contribution is -2.56. The summed E-state index contributed by atoms with van der Waals surface area (Å²) in [7, 11) is 0. The zero-order valence-corrected chi connectivity index (χ0v) is 11.3. The van der Waals surface area contributed by atoms with Crippen LogP contribution in [-0.4, -0.2) is 72.0 Å². The first-order valence-electron chi connectivity index (χ1n) is 6.84. The highest BCUT2D eigenvalue weighted by Crippen LogP contribution is 2.19. The molecule has 2 aliphatic heterocycles. The summed E-state index contributed by atoms with van der Waals surface area (Å²) in [5, 5.41) is 9.31. The molecule has 2 unspecified atom stereocenters. The summed E-state index contributed by atoms with van der Waals surface area (Å²) in [4.78, 5) is 4.83. The molecule has 0 spiro atoms. The van der Waals surface area contributed by atoms with Crippen LogP contribution in [0.25, 0.3) is 0 Å². The maximum atomic E-state index is 9.31. The molecule has 2 aliphatic rings. The molecule has 0 radical (unpaired) electrons. The second kappa shape index (κ2) is 5.65. The van der Waals surface area contributed by atoms with Gasteiger partial charge in [-0.1, -0.05) is 0 Å². The highest BCUT2D eigenvalue weighted by molar-refractivity contribution is 4.86. The molecule has 17 heavy (non-hydrogen) atoms. The van der Waals surface area contributed by atoms with E-state index < -0.39 is 0 Å². The smallest absolute Gasteiger partial charge is 0.0794 e. The normalized spacial score (nSPS) is 30.5. The average molecular weight is 242 g/mol. The number of likely N-dealkylation sites (tertiary alicyclic amines) is 1. The Bertz CT molecular complexity index is 242. The van der Waals surface area contributed by atoms with Crippen molar-refractivity contribution in [3.63, 3.8) is 0 Å². The van der Waals surface area contributed by atoms with Gasteiger partial charge in [-0.15, -0.1) is 0 Å². The molecule has 0 amide bonds. The minimum absolute atomic E-state index is 0.100. The first kappa shape index (κ1) is 13.3. The van der Waals surface area contributed by atoms with Gasteiger partial charge in [-0.05, 0) is 27.2 Å². The highest BCUT2D eigenvalue weighted by Gasteiger charge is 2.31. The summed E-state index contributed by atoms with van der Waals surface area (Å²) in [5.41, 5.74) is 0. The molecular weight excluding hydrogens is 216 g/mol. The number of rotatable bonds is 4. The van der Waals surface area contributed by atoms with Crippen LogP contribution in [0.3, 0.4) is 0 Å². The quantitative estimate of drug-likeness (QED) is 0.781. The largest absolute Gasteiger partial charge is 0.390 e. The van der Waals surface area contributed by atoms with Gasteiger partial charge >= 0.3 is 0 Å². The van der Waals surface area contributed by atoms with Gasteiger partial charge in [-0.25, -0.2) is 0 Å². The maximum absolute atomic E-state index is 9.31. The average Bonchev–Trinajstić information content (AvgIpc) is 2.25. The predicted molar refractivity (Wildman–Crippen MR) is 68.1 cm³/mol. The van der Waals surface area contributed by atoms with Crippen LogP contribution in [0.4, 0.5) is 0 Å². The van der Waals surface area contributed by atoms with E-state index in [0.29, 0.717) is 18.2 Å². The van der Waals surface area contributed by atoms with Crippen molar-refractivity contribution in [3.8, 4) is 0 Å². The number of aliphatic hydroxyl groups excluding tert-OH is 1. The standard InChI is InChI=1S/C13H26N2O2/c1-10(2)14-4-5-17-13(9-14)6-11(3)15-7-12(16)8-15/h10-13,16H,4-9H2,1-3H3. The van der Waals surface area contributed by atoms with E-state index in [-0.39, 0.29) is 6.10 Å². The predicted octanol–water partition coefficient (Wildman–Crippen LogP) is 0.551. The molecule has 0 bridgehead atoms. The van der Waals surface area contributed by atoms with Gasteiger partial charge in [0.1, 0.15) is 0 Å². The van der Waals surface area contributed by atoms with Crippen molar-refractivity contribution in [2.75, 3.05) is 32.8 Å². The zero-order valence-electron chi connectivity index (χ0n) is 11.3. The van der Waals surface area contributed by atoms with E-state index in [9.17, 15) is 5.11 Å². The van der Waals surface area contributed by atoms with Gasteiger partial charge in [0.25, 0.3) is 0 Å². The van der Waals surface area contributed by atoms with Crippen molar-refractivity contribution >= 4 is 0 Å². The Kier molecular flexibility index (Phi) is 4.42. The van der Waals surface area contributed by atoms with Gasteiger partial charge in [0.15, 0.2) is 0 Å². The van der Waals surface area contributed by atoms with Crippen LogP contribution in [0.2, 0.25) is 0 Å².